The second-order valence-corrected chi connectivity index (χ2v) is 8.07. The van der Waals surface area contributed by atoms with E-state index in [9.17, 15) is 4.79 Å². The molecule has 0 saturated carbocycles. The van der Waals surface area contributed by atoms with E-state index in [0.717, 1.165) is 54.7 Å². The van der Waals surface area contributed by atoms with Crippen LogP contribution in [0, 0.1) is 0 Å². The van der Waals surface area contributed by atoms with Crippen molar-refractivity contribution in [2.45, 2.75) is 39.5 Å². The molecule has 2 rings (SSSR count). The summed E-state index contributed by atoms with van der Waals surface area (Å²) in [5.74, 6) is 0.142. The Kier molecular flexibility index (Phi) is 5.17. The number of hydrogen-bond donors (Lipinski definition) is 0. The van der Waals surface area contributed by atoms with Gasteiger partial charge < -0.3 is 9.80 Å². The highest BCUT2D eigenvalue weighted by Gasteiger charge is 2.25. The van der Waals surface area contributed by atoms with Crippen LogP contribution in [0.4, 0.5) is 0 Å². The van der Waals surface area contributed by atoms with Crippen LogP contribution in [-0.2, 0) is 11.8 Å². The molecule has 0 atom stereocenters. The fourth-order valence-corrected chi connectivity index (χ4v) is 3.70. The summed E-state index contributed by atoms with van der Waals surface area (Å²) in [5.41, 5.74) is 0.900. The highest BCUT2D eigenvalue weighted by Crippen LogP contribution is 2.30. The minimum absolute atomic E-state index is 0.0659. The van der Waals surface area contributed by atoms with Crippen molar-refractivity contribution >= 4 is 17.1 Å². The van der Waals surface area contributed by atoms with E-state index < -0.39 is 0 Å². The maximum absolute atomic E-state index is 11.8. The fraction of sp³-hybridized carbons (Fsp3) is 0.750. The predicted molar refractivity (Wildman–Crippen MR) is 88.5 cm³/mol. The van der Waals surface area contributed by atoms with Gasteiger partial charge in [-0.25, -0.2) is 4.98 Å². The van der Waals surface area contributed by atoms with E-state index in [1.54, 1.807) is 18.3 Å². The van der Waals surface area contributed by atoms with Crippen LogP contribution in [0.3, 0.4) is 0 Å². The molecule has 5 heteroatoms. The summed E-state index contributed by atoms with van der Waals surface area (Å²) < 4.78 is 0. The smallest absolute Gasteiger partial charge is 0.171 e. The molecular formula is C16H27N3OS. The number of hydrogen-bond acceptors (Lipinski definition) is 5. The minimum atomic E-state index is -0.0659. The third-order valence-electron chi connectivity index (χ3n) is 3.94. The highest BCUT2D eigenvalue weighted by molar-refractivity contribution is 7.13. The molecule has 21 heavy (non-hydrogen) atoms. The molecule has 0 aliphatic carbocycles. The number of likely N-dealkylation sites (N-methyl/N-ethyl adjacent to an activating group) is 1. The van der Waals surface area contributed by atoms with E-state index in [-0.39, 0.29) is 11.2 Å². The predicted octanol–water partition coefficient (Wildman–Crippen LogP) is 2.43. The van der Waals surface area contributed by atoms with Crippen molar-refractivity contribution in [2.24, 2.45) is 0 Å². The van der Waals surface area contributed by atoms with Crippen LogP contribution < -0.4 is 0 Å². The molecule has 1 aliphatic rings. The average molecular weight is 309 g/mol. The van der Waals surface area contributed by atoms with Gasteiger partial charge in [0.05, 0.1) is 15.6 Å². The van der Waals surface area contributed by atoms with Gasteiger partial charge in [-0.15, -0.1) is 11.3 Å². The number of piperazine rings is 1. The molecule has 1 aromatic heterocycles. The number of nitrogens with zero attached hydrogens (tertiary/aromatic N) is 3. The van der Waals surface area contributed by atoms with Gasteiger partial charge in [0, 0.05) is 51.5 Å². The maximum atomic E-state index is 11.8. The minimum Gasteiger partial charge on any atom is -0.304 e. The average Bonchev–Trinajstić information content (AvgIpc) is 2.82. The van der Waals surface area contributed by atoms with Gasteiger partial charge in [0.25, 0.3) is 0 Å². The molecule has 0 aromatic carbocycles. The number of thiazole rings is 1. The first-order chi connectivity index (χ1) is 9.77. The number of aromatic nitrogens is 1. The Morgan fingerprint density at radius 2 is 1.86 bits per heavy atom. The summed E-state index contributed by atoms with van der Waals surface area (Å²) in [6, 6.07) is 0. The normalized spacial score (nSPS) is 18.1. The van der Waals surface area contributed by atoms with Gasteiger partial charge >= 0.3 is 0 Å². The van der Waals surface area contributed by atoms with E-state index in [0.29, 0.717) is 0 Å². The summed E-state index contributed by atoms with van der Waals surface area (Å²) in [5, 5.41) is 1.10. The first-order valence-corrected chi connectivity index (χ1v) is 8.51. The zero-order chi connectivity index (χ0) is 15.6. The summed E-state index contributed by atoms with van der Waals surface area (Å²) in [6.45, 7) is 13.6. The molecule has 2 heterocycles. The van der Waals surface area contributed by atoms with Crippen LogP contribution in [0.1, 0.15) is 48.1 Å². The highest BCUT2D eigenvalue weighted by atomic mass is 32.1. The first kappa shape index (κ1) is 16.6. The molecule has 0 bridgehead atoms. The molecule has 1 aromatic rings. The van der Waals surface area contributed by atoms with Crippen molar-refractivity contribution in [3.63, 3.8) is 0 Å². The first-order valence-electron chi connectivity index (χ1n) is 7.69. The Labute approximate surface area is 132 Å². The topological polar surface area (TPSA) is 36.4 Å². The van der Waals surface area contributed by atoms with Crippen LogP contribution >= 0.6 is 11.3 Å². The second-order valence-electron chi connectivity index (χ2n) is 6.99. The van der Waals surface area contributed by atoms with Gasteiger partial charge in [-0.2, -0.15) is 0 Å². The molecule has 1 saturated heterocycles. The zero-order valence-electron chi connectivity index (χ0n) is 13.9. The molecule has 4 nitrogen and oxygen atoms in total. The van der Waals surface area contributed by atoms with Crippen molar-refractivity contribution in [3.05, 3.63) is 15.6 Å². The number of Topliss-reactive ketones (excluding diaryl/α,β-unsaturated/α-hetero) is 1. The van der Waals surface area contributed by atoms with E-state index in [1.807, 2.05) is 0 Å². The fourth-order valence-electron chi connectivity index (χ4n) is 2.54. The number of carbonyl (C=O) groups is 1. The number of ketones is 1. The largest absolute Gasteiger partial charge is 0.304 e. The summed E-state index contributed by atoms with van der Waals surface area (Å²) in [7, 11) is 2.17. The van der Waals surface area contributed by atoms with Gasteiger partial charge in [0.15, 0.2) is 5.78 Å². The standard InChI is InChI=1S/C16H27N3OS/c1-12(20)14-15(16(2,3)4)17-13(21-14)6-7-19-10-8-18(5)9-11-19/h6-11H2,1-5H3. The maximum Gasteiger partial charge on any atom is 0.171 e. The van der Waals surface area contributed by atoms with E-state index >= 15 is 0 Å². The Bertz CT molecular complexity index is 496. The van der Waals surface area contributed by atoms with Crippen LogP contribution in [0.5, 0.6) is 0 Å². The summed E-state index contributed by atoms with van der Waals surface area (Å²) >= 11 is 1.59. The van der Waals surface area contributed by atoms with E-state index in [4.69, 9.17) is 4.98 Å². The summed E-state index contributed by atoms with van der Waals surface area (Å²) in [6.07, 6.45) is 0.949. The molecule has 1 aliphatic heterocycles. The molecule has 1 fully saturated rings. The second kappa shape index (κ2) is 6.55. The number of rotatable bonds is 4. The molecule has 0 unspecified atom stereocenters. The van der Waals surface area contributed by atoms with Gasteiger partial charge in [-0.05, 0) is 7.05 Å². The van der Waals surface area contributed by atoms with Gasteiger partial charge in [0.2, 0.25) is 0 Å². The quantitative estimate of drug-likeness (QED) is 0.801. The van der Waals surface area contributed by atoms with Crippen LogP contribution in [-0.4, -0.2) is 60.3 Å². The monoisotopic (exact) mass is 309 g/mol. The third kappa shape index (κ3) is 4.34. The van der Waals surface area contributed by atoms with Crippen LogP contribution in [0.25, 0.3) is 0 Å². The lowest BCUT2D eigenvalue weighted by atomic mass is 9.91. The Morgan fingerprint density at radius 1 is 1.24 bits per heavy atom. The Balaban J connectivity index is 2.02. The molecule has 0 N–H and O–H groups in total. The Morgan fingerprint density at radius 3 is 2.33 bits per heavy atom. The van der Waals surface area contributed by atoms with Crippen molar-refractivity contribution in [1.29, 1.82) is 0 Å². The molecule has 118 valence electrons. The van der Waals surface area contributed by atoms with Gasteiger partial charge in [-0.3, -0.25) is 4.79 Å². The Hall–Kier alpha value is -0.780. The van der Waals surface area contributed by atoms with E-state index in [2.05, 4.69) is 37.6 Å². The third-order valence-corrected chi connectivity index (χ3v) is 5.16. The van der Waals surface area contributed by atoms with Crippen LogP contribution in [0.2, 0.25) is 0 Å². The van der Waals surface area contributed by atoms with Crippen molar-refractivity contribution in [2.75, 3.05) is 39.8 Å². The molecule has 0 amide bonds. The summed E-state index contributed by atoms with van der Waals surface area (Å²) in [4.78, 5) is 22.3. The molecule has 0 spiro atoms. The van der Waals surface area contributed by atoms with Crippen molar-refractivity contribution in [3.8, 4) is 0 Å². The number of carbonyl (C=O) groups excluding carboxylic acids is 1. The zero-order valence-corrected chi connectivity index (χ0v) is 14.7. The lowest BCUT2D eigenvalue weighted by Crippen LogP contribution is -2.45. The van der Waals surface area contributed by atoms with Gasteiger partial charge in [0.1, 0.15) is 0 Å². The SMILES string of the molecule is CC(=O)c1sc(CCN2CCN(C)CC2)nc1C(C)(C)C. The van der Waals surface area contributed by atoms with Gasteiger partial charge in [-0.1, -0.05) is 20.8 Å². The van der Waals surface area contributed by atoms with E-state index in [1.165, 1.54) is 0 Å². The lowest BCUT2D eigenvalue weighted by Gasteiger charge is -2.32. The lowest BCUT2D eigenvalue weighted by molar-refractivity contribution is 0.101. The van der Waals surface area contributed by atoms with Crippen LogP contribution in [0.15, 0.2) is 0 Å². The molecule has 0 radical (unpaired) electrons. The van der Waals surface area contributed by atoms with Crippen molar-refractivity contribution in [1.82, 2.24) is 14.8 Å². The van der Waals surface area contributed by atoms with Crippen molar-refractivity contribution < 1.29 is 4.79 Å². The molecular weight excluding hydrogens is 282 g/mol.